The molecule has 1 atom stereocenters. The molecule has 4 rings (SSSR count). The molecular weight excluding hydrogens is 328 g/mol. The number of hydrogen-bond acceptors (Lipinski definition) is 3. The van der Waals surface area contributed by atoms with Gasteiger partial charge in [0.25, 0.3) is 5.91 Å². The summed E-state index contributed by atoms with van der Waals surface area (Å²) in [4.78, 5) is 26.9. The van der Waals surface area contributed by atoms with Gasteiger partial charge in [0.05, 0.1) is 6.04 Å². The summed E-state index contributed by atoms with van der Waals surface area (Å²) in [5, 5.41) is 9.95. The molecule has 2 heterocycles. The molecule has 2 amide bonds. The molecule has 0 spiro atoms. The van der Waals surface area contributed by atoms with Gasteiger partial charge in [0.15, 0.2) is 0 Å². The van der Waals surface area contributed by atoms with Crippen LogP contribution in [0.1, 0.15) is 53.5 Å². The standard InChI is InChI=1S/C20H24N4O2/c1-12(2)17-10-18(23-22-17)20(26)21-15-9-19(25)24(11-15)16-7-13-5-3-4-6-14(13)8-16/h3-6,10,12,15-16H,7-9,11H2,1-2H3,(H,21,26)(H,22,23)/t15-/m0/s1. The van der Waals surface area contributed by atoms with Crippen LogP contribution in [0, 0.1) is 0 Å². The SMILES string of the molecule is CC(C)c1cc(C(=O)N[C@H]2CC(=O)N(C3Cc4ccccc4C3)C2)n[nH]1. The lowest BCUT2D eigenvalue weighted by atomic mass is 10.1. The van der Waals surface area contributed by atoms with Crippen molar-refractivity contribution in [3.63, 3.8) is 0 Å². The first-order valence-corrected chi connectivity index (χ1v) is 9.23. The Balaban J connectivity index is 1.38. The first-order chi connectivity index (χ1) is 12.5. The second-order valence-corrected chi connectivity index (χ2v) is 7.61. The lowest BCUT2D eigenvalue weighted by Gasteiger charge is -2.24. The van der Waals surface area contributed by atoms with Gasteiger partial charge in [-0.25, -0.2) is 0 Å². The maximum absolute atomic E-state index is 12.5. The number of fused-ring (bicyclic) bond motifs is 1. The molecule has 2 aliphatic rings. The molecule has 1 saturated heterocycles. The lowest BCUT2D eigenvalue weighted by molar-refractivity contribution is -0.129. The zero-order valence-electron chi connectivity index (χ0n) is 15.2. The largest absolute Gasteiger partial charge is 0.346 e. The van der Waals surface area contributed by atoms with Gasteiger partial charge in [-0.1, -0.05) is 38.1 Å². The summed E-state index contributed by atoms with van der Waals surface area (Å²) in [6, 6.07) is 10.2. The first-order valence-electron chi connectivity index (χ1n) is 9.23. The summed E-state index contributed by atoms with van der Waals surface area (Å²) in [6.07, 6.45) is 2.17. The Morgan fingerprint density at radius 2 is 1.92 bits per heavy atom. The fourth-order valence-corrected chi connectivity index (χ4v) is 3.95. The van der Waals surface area contributed by atoms with Crippen molar-refractivity contribution in [2.24, 2.45) is 0 Å². The van der Waals surface area contributed by atoms with Gasteiger partial charge in [0, 0.05) is 24.7 Å². The number of nitrogens with one attached hydrogen (secondary N) is 2. The van der Waals surface area contributed by atoms with Crippen molar-refractivity contribution < 1.29 is 9.59 Å². The van der Waals surface area contributed by atoms with Crippen LogP contribution in [-0.4, -0.2) is 45.5 Å². The van der Waals surface area contributed by atoms with E-state index in [0.717, 1.165) is 18.5 Å². The quantitative estimate of drug-likeness (QED) is 0.884. The van der Waals surface area contributed by atoms with Crippen LogP contribution in [-0.2, 0) is 17.6 Å². The Morgan fingerprint density at radius 1 is 1.23 bits per heavy atom. The number of H-pyrrole nitrogens is 1. The van der Waals surface area contributed by atoms with Crippen LogP contribution in [0.25, 0.3) is 0 Å². The summed E-state index contributed by atoms with van der Waals surface area (Å²) in [6.45, 7) is 4.66. The minimum atomic E-state index is -0.220. The zero-order valence-corrected chi connectivity index (χ0v) is 15.2. The van der Waals surface area contributed by atoms with Gasteiger partial charge in [-0.2, -0.15) is 5.10 Å². The number of carbonyl (C=O) groups is 2. The minimum absolute atomic E-state index is 0.123. The molecule has 1 fully saturated rings. The van der Waals surface area contributed by atoms with Crippen LogP contribution in [0.4, 0.5) is 0 Å². The van der Waals surface area contributed by atoms with Gasteiger partial charge in [-0.15, -0.1) is 0 Å². The molecule has 1 aromatic carbocycles. The maximum atomic E-state index is 12.5. The first kappa shape index (κ1) is 16.8. The van der Waals surface area contributed by atoms with Crippen LogP contribution >= 0.6 is 0 Å². The fraction of sp³-hybridized carbons (Fsp3) is 0.450. The van der Waals surface area contributed by atoms with E-state index in [-0.39, 0.29) is 29.8 Å². The summed E-state index contributed by atoms with van der Waals surface area (Å²) >= 11 is 0. The highest BCUT2D eigenvalue weighted by Gasteiger charge is 2.37. The van der Waals surface area contributed by atoms with Crippen LogP contribution in [0.5, 0.6) is 0 Å². The van der Waals surface area contributed by atoms with E-state index in [9.17, 15) is 9.59 Å². The van der Waals surface area contributed by atoms with E-state index < -0.39 is 0 Å². The molecule has 0 saturated carbocycles. The molecule has 1 aliphatic heterocycles. The van der Waals surface area contributed by atoms with Crippen molar-refractivity contribution in [1.82, 2.24) is 20.4 Å². The van der Waals surface area contributed by atoms with Gasteiger partial charge in [-0.3, -0.25) is 14.7 Å². The number of amides is 2. The average Bonchev–Trinajstić information content (AvgIpc) is 3.31. The Labute approximate surface area is 153 Å². The van der Waals surface area contributed by atoms with E-state index in [1.165, 1.54) is 11.1 Å². The van der Waals surface area contributed by atoms with Crippen molar-refractivity contribution in [3.05, 3.63) is 52.8 Å². The van der Waals surface area contributed by atoms with E-state index in [2.05, 4.69) is 27.6 Å². The van der Waals surface area contributed by atoms with Crippen molar-refractivity contribution in [3.8, 4) is 0 Å². The second-order valence-electron chi connectivity index (χ2n) is 7.61. The highest BCUT2D eigenvalue weighted by Crippen LogP contribution is 2.28. The fourth-order valence-electron chi connectivity index (χ4n) is 3.95. The van der Waals surface area contributed by atoms with Crippen LogP contribution < -0.4 is 5.32 Å². The number of aromatic amines is 1. The van der Waals surface area contributed by atoms with E-state index in [0.29, 0.717) is 18.7 Å². The van der Waals surface area contributed by atoms with E-state index in [4.69, 9.17) is 0 Å². The summed E-state index contributed by atoms with van der Waals surface area (Å²) in [7, 11) is 0. The third kappa shape index (κ3) is 3.11. The van der Waals surface area contributed by atoms with Gasteiger partial charge >= 0.3 is 0 Å². The van der Waals surface area contributed by atoms with Crippen LogP contribution in [0.3, 0.4) is 0 Å². The number of rotatable bonds is 4. The predicted octanol–water partition coefficient (Wildman–Crippen LogP) is 2.03. The molecule has 2 aromatic rings. The second kappa shape index (κ2) is 6.59. The predicted molar refractivity (Wildman–Crippen MR) is 97.9 cm³/mol. The molecule has 6 heteroatoms. The molecule has 0 bridgehead atoms. The number of benzene rings is 1. The van der Waals surface area contributed by atoms with Crippen molar-refractivity contribution in [1.29, 1.82) is 0 Å². The molecule has 2 N–H and O–H groups in total. The smallest absolute Gasteiger partial charge is 0.272 e. The van der Waals surface area contributed by atoms with Crippen molar-refractivity contribution in [2.45, 2.75) is 51.1 Å². The molecule has 136 valence electrons. The number of likely N-dealkylation sites (tertiary alicyclic amines) is 1. The Bertz CT molecular complexity index is 817. The van der Waals surface area contributed by atoms with Gasteiger partial charge in [0.2, 0.25) is 5.91 Å². The van der Waals surface area contributed by atoms with E-state index in [1.54, 1.807) is 6.07 Å². The monoisotopic (exact) mass is 352 g/mol. The van der Waals surface area contributed by atoms with E-state index in [1.807, 2.05) is 30.9 Å². The summed E-state index contributed by atoms with van der Waals surface area (Å²) in [5.74, 6) is 0.192. The van der Waals surface area contributed by atoms with E-state index >= 15 is 0 Å². The maximum Gasteiger partial charge on any atom is 0.272 e. The topological polar surface area (TPSA) is 78.1 Å². The van der Waals surface area contributed by atoms with Crippen LogP contribution in [0.15, 0.2) is 30.3 Å². The Hall–Kier alpha value is -2.63. The minimum Gasteiger partial charge on any atom is -0.346 e. The normalized spacial score (nSPS) is 20.0. The molecule has 26 heavy (non-hydrogen) atoms. The van der Waals surface area contributed by atoms with Gasteiger partial charge < -0.3 is 10.2 Å². The number of nitrogens with zero attached hydrogens (tertiary/aromatic N) is 2. The number of hydrogen-bond donors (Lipinski definition) is 2. The van der Waals surface area contributed by atoms with Crippen molar-refractivity contribution in [2.75, 3.05) is 6.54 Å². The average molecular weight is 352 g/mol. The van der Waals surface area contributed by atoms with Crippen molar-refractivity contribution >= 4 is 11.8 Å². The number of carbonyl (C=O) groups excluding carboxylic acids is 2. The Morgan fingerprint density at radius 3 is 2.54 bits per heavy atom. The van der Waals surface area contributed by atoms with Crippen LogP contribution in [0.2, 0.25) is 0 Å². The molecule has 1 aromatic heterocycles. The van der Waals surface area contributed by atoms with Gasteiger partial charge in [-0.05, 0) is 36.0 Å². The third-order valence-corrected chi connectivity index (χ3v) is 5.42. The molecule has 1 aliphatic carbocycles. The highest BCUT2D eigenvalue weighted by atomic mass is 16.2. The molecular formula is C20H24N4O2. The lowest BCUT2D eigenvalue weighted by Crippen LogP contribution is -2.41. The zero-order chi connectivity index (χ0) is 18.3. The molecule has 0 radical (unpaired) electrons. The van der Waals surface area contributed by atoms with Gasteiger partial charge in [0.1, 0.15) is 5.69 Å². The molecule has 0 unspecified atom stereocenters. The summed E-state index contributed by atoms with van der Waals surface area (Å²) < 4.78 is 0. The molecule has 6 nitrogen and oxygen atoms in total. The number of aromatic nitrogens is 2. The Kier molecular flexibility index (Phi) is 4.26. The highest BCUT2D eigenvalue weighted by molar-refractivity contribution is 5.93. The third-order valence-electron chi connectivity index (χ3n) is 5.42. The summed E-state index contributed by atoms with van der Waals surface area (Å²) in [5.41, 5.74) is 3.97.